The second-order valence-corrected chi connectivity index (χ2v) is 4.00. The van der Waals surface area contributed by atoms with Gasteiger partial charge in [0.25, 0.3) is 5.56 Å². The van der Waals surface area contributed by atoms with Crippen LogP contribution in [0.4, 0.5) is 4.39 Å². The summed E-state index contributed by atoms with van der Waals surface area (Å²) in [6.07, 6.45) is 0.0414. The monoisotopic (exact) mass is 261 g/mol. The van der Waals surface area contributed by atoms with Gasteiger partial charge in [0, 0.05) is 18.1 Å². The number of hydrogen-bond donors (Lipinski definition) is 1. The molecule has 0 saturated carbocycles. The van der Waals surface area contributed by atoms with E-state index >= 15 is 0 Å². The predicted octanol–water partition coefficient (Wildman–Crippen LogP) is 0.925. The summed E-state index contributed by atoms with van der Waals surface area (Å²) >= 11 is 0. The van der Waals surface area contributed by atoms with E-state index in [0.717, 1.165) is 0 Å². The summed E-state index contributed by atoms with van der Waals surface area (Å²) in [5.74, 6) is -0.841. The Bertz CT molecular complexity index is 650. The van der Waals surface area contributed by atoms with Crippen LogP contribution in [0.25, 0.3) is 11.3 Å². The second kappa shape index (κ2) is 5.43. The van der Waals surface area contributed by atoms with E-state index in [-0.39, 0.29) is 24.3 Å². The molecule has 98 valence electrons. The predicted molar refractivity (Wildman–Crippen MR) is 67.7 cm³/mol. The molecule has 6 heteroatoms. The number of carbonyl (C=O) groups excluding carboxylic acids is 1. The highest BCUT2D eigenvalue weighted by atomic mass is 19.1. The molecule has 1 amide bonds. The highest BCUT2D eigenvalue weighted by Gasteiger charge is 2.05. The molecular formula is C13H12FN3O2. The van der Waals surface area contributed by atoms with Crippen LogP contribution in [0.15, 0.2) is 41.2 Å². The van der Waals surface area contributed by atoms with Crippen molar-refractivity contribution in [2.24, 2.45) is 5.73 Å². The number of primary amides is 1. The Morgan fingerprint density at radius 3 is 2.53 bits per heavy atom. The smallest absolute Gasteiger partial charge is 0.266 e. The molecule has 0 unspecified atom stereocenters. The summed E-state index contributed by atoms with van der Waals surface area (Å²) in [7, 11) is 0. The fraction of sp³-hybridized carbons (Fsp3) is 0.154. The molecule has 1 aromatic carbocycles. The molecule has 19 heavy (non-hydrogen) atoms. The molecule has 0 bridgehead atoms. The van der Waals surface area contributed by atoms with Crippen LogP contribution in [0, 0.1) is 5.82 Å². The number of aryl methyl sites for hydroxylation is 1. The van der Waals surface area contributed by atoms with E-state index in [1.54, 1.807) is 18.2 Å². The van der Waals surface area contributed by atoms with Crippen LogP contribution in [0.3, 0.4) is 0 Å². The quantitative estimate of drug-likeness (QED) is 0.889. The van der Waals surface area contributed by atoms with E-state index in [9.17, 15) is 14.0 Å². The molecule has 0 fully saturated rings. The Labute approximate surface area is 108 Å². The van der Waals surface area contributed by atoms with Crippen molar-refractivity contribution in [3.05, 3.63) is 52.6 Å². The Morgan fingerprint density at radius 2 is 1.89 bits per heavy atom. The van der Waals surface area contributed by atoms with Crippen molar-refractivity contribution < 1.29 is 9.18 Å². The second-order valence-electron chi connectivity index (χ2n) is 4.00. The largest absolute Gasteiger partial charge is 0.370 e. The van der Waals surface area contributed by atoms with Gasteiger partial charge in [-0.2, -0.15) is 5.10 Å². The highest BCUT2D eigenvalue weighted by molar-refractivity contribution is 5.73. The van der Waals surface area contributed by atoms with Crippen molar-refractivity contribution in [2.75, 3.05) is 0 Å². The van der Waals surface area contributed by atoms with Crippen LogP contribution in [-0.4, -0.2) is 15.7 Å². The summed E-state index contributed by atoms with van der Waals surface area (Å²) in [4.78, 5) is 22.3. The number of nitrogens with two attached hydrogens (primary N) is 1. The normalized spacial score (nSPS) is 10.4. The van der Waals surface area contributed by atoms with Gasteiger partial charge in [0.15, 0.2) is 0 Å². The van der Waals surface area contributed by atoms with Crippen molar-refractivity contribution in [3.63, 3.8) is 0 Å². The van der Waals surface area contributed by atoms with Gasteiger partial charge in [-0.3, -0.25) is 9.59 Å². The van der Waals surface area contributed by atoms with E-state index in [1.807, 2.05) is 0 Å². The number of halogens is 1. The minimum atomic E-state index is -0.499. The van der Waals surface area contributed by atoms with Gasteiger partial charge in [-0.1, -0.05) is 0 Å². The van der Waals surface area contributed by atoms with Crippen molar-refractivity contribution in [1.82, 2.24) is 9.78 Å². The SMILES string of the molecule is NC(=O)CCn1nc(-c2ccc(F)cc2)ccc1=O. The number of hydrogen-bond acceptors (Lipinski definition) is 3. The van der Waals surface area contributed by atoms with Gasteiger partial charge in [0.2, 0.25) is 5.91 Å². The van der Waals surface area contributed by atoms with E-state index in [0.29, 0.717) is 11.3 Å². The molecule has 0 aliphatic rings. The number of nitrogens with zero attached hydrogens (tertiary/aromatic N) is 2. The Morgan fingerprint density at radius 1 is 1.21 bits per heavy atom. The third-order valence-electron chi connectivity index (χ3n) is 2.58. The lowest BCUT2D eigenvalue weighted by Gasteiger charge is -2.06. The van der Waals surface area contributed by atoms with Crippen LogP contribution in [0.5, 0.6) is 0 Å². The van der Waals surface area contributed by atoms with Crippen molar-refractivity contribution in [3.8, 4) is 11.3 Å². The van der Waals surface area contributed by atoms with Crippen LogP contribution in [0.2, 0.25) is 0 Å². The number of aromatic nitrogens is 2. The van der Waals surface area contributed by atoms with Crippen molar-refractivity contribution in [2.45, 2.75) is 13.0 Å². The van der Waals surface area contributed by atoms with Crippen LogP contribution >= 0.6 is 0 Å². The van der Waals surface area contributed by atoms with E-state index in [1.165, 1.54) is 22.9 Å². The van der Waals surface area contributed by atoms with Gasteiger partial charge in [0.1, 0.15) is 5.82 Å². The van der Waals surface area contributed by atoms with E-state index < -0.39 is 5.91 Å². The summed E-state index contributed by atoms with van der Waals surface area (Å²) in [5, 5.41) is 4.12. The van der Waals surface area contributed by atoms with E-state index in [4.69, 9.17) is 5.73 Å². The van der Waals surface area contributed by atoms with Crippen LogP contribution < -0.4 is 11.3 Å². The first-order chi connectivity index (χ1) is 9.06. The molecular weight excluding hydrogens is 249 g/mol. The Kier molecular flexibility index (Phi) is 3.70. The zero-order valence-corrected chi connectivity index (χ0v) is 10.0. The maximum atomic E-state index is 12.8. The van der Waals surface area contributed by atoms with Gasteiger partial charge in [-0.25, -0.2) is 9.07 Å². The Hall–Kier alpha value is -2.50. The topological polar surface area (TPSA) is 78.0 Å². The number of rotatable bonds is 4. The zero-order chi connectivity index (χ0) is 13.8. The fourth-order valence-corrected chi connectivity index (χ4v) is 1.60. The molecule has 1 heterocycles. The summed E-state index contributed by atoms with van der Waals surface area (Å²) in [5.41, 5.74) is 5.94. The third kappa shape index (κ3) is 3.25. The molecule has 2 aromatic rings. The standard InChI is InChI=1S/C13H12FN3O2/c14-10-3-1-9(2-4-10)11-5-6-13(19)17(16-11)8-7-12(15)18/h1-6H,7-8H2,(H2,15,18). The first-order valence-electron chi connectivity index (χ1n) is 5.68. The first kappa shape index (κ1) is 12.9. The van der Waals surface area contributed by atoms with Gasteiger partial charge in [0.05, 0.1) is 12.2 Å². The molecule has 0 radical (unpaired) electrons. The maximum Gasteiger partial charge on any atom is 0.266 e. The van der Waals surface area contributed by atoms with Crippen LogP contribution in [0.1, 0.15) is 6.42 Å². The molecule has 2 rings (SSSR count). The summed E-state index contributed by atoms with van der Waals surface area (Å²) in [6, 6.07) is 8.68. The molecule has 2 N–H and O–H groups in total. The minimum absolute atomic E-state index is 0.0414. The fourth-order valence-electron chi connectivity index (χ4n) is 1.60. The maximum absolute atomic E-state index is 12.8. The van der Waals surface area contributed by atoms with Crippen LogP contribution in [-0.2, 0) is 11.3 Å². The van der Waals surface area contributed by atoms with Gasteiger partial charge in [-0.15, -0.1) is 0 Å². The molecule has 0 atom stereocenters. The molecule has 1 aromatic heterocycles. The zero-order valence-electron chi connectivity index (χ0n) is 10.0. The third-order valence-corrected chi connectivity index (χ3v) is 2.58. The molecule has 0 saturated heterocycles. The lowest BCUT2D eigenvalue weighted by atomic mass is 10.1. The number of benzene rings is 1. The van der Waals surface area contributed by atoms with Gasteiger partial charge >= 0.3 is 0 Å². The Balaban J connectivity index is 2.32. The van der Waals surface area contributed by atoms with Crippen molar-refractivity contribution >= 4 is 5.91 Å². The number of amides is 1. The van der Waals surface area contributed by atoms with Crippen molar-refractivity contribution in [1.29, 1.82) is 0 Å². The van der Waals surface area contributed by atoms with Gasteiger partial charge in [-0.05, 0) is 30.3 Å². The molecule has 0 spiro atoms. The van der Waals surface area contributed by atoms with Gasteiger partial charge < -0.3 is 5.73 Å². The summed E-state index contributed by atoms with van der Waals surface area (Å²) < 4.78 is 14.0. The molecule has 0 aliphatic carbocycles. The highest BCUT2D eigenvalue weighted by Crippen LogP contribution is 2.15. The first-order valence-corrected chi connectivity index (χ1v) is 5.68. The number of carbonyl (C=O) groups is 1. The lowest BCUT2D eigenvalue weighted by Crippen LogP contribution is -2.25. The molecule has 0 aliphatic heterocycles. The lowest BCUT2D eigenvalue weighted by molar-refractivity contribution is -0.118. The minimum Gasteiger partial charge on any atom is -0.370 e. The molecule has 5 nitrogen and oxygen atoms in total. The van der Waals surface area contributed by atoms with E-state index in [2.05, 4.69) is 5.10 Å². The summed E-state index contributed by atoms with van der Waals surface area (Å²) in [6.45, 7) is 0.128. The average molecular weight is 261 g/mol. The average Bonchev–Trinajstić information content (AvgIpc) is 2.39.